The minimum atomic E-state index is -0.773. The van der Waals surface area contributed by atoms with Gasteiger partial charge in [0.1, 0.15) is 24.4 Å². The quantitative estimate of drug-likeness (QED) is 0.507. The summed E-state index contributed by atoms with van der Waals surface area (Å²) in [6.07, 6.45) is 3.34. The van der Waals surface area contributed by atoms with Crippen molar-refractivity contribution in [2.24, 2.45) is 0 Å². The highest BCUT2D eigenvalue weighted by molar-refractivity contribution is 5.92. The van der Waals surface area contributed by atoms with E-state index in [1.54, 1.807) is 13.0 Å². The summed E-state index contributed by atoms with van der Waals surface area (Å²) in [7, 11) is 0. The molecule has 0 bridgehead atoms. The number of hydrogen-bond acceptors (Lipinski definition) is 4. The van der Waals surface area contributed by atoms with Gasteiger partial charge in [0.25, 0.3) is 0 Å². The number of ether oxygens (including phenoxy) is 2. The van der Waals surface area contributed by atoms with Gasteiger partial charge in [-0.15, -0.1) is 0 Å². The molecule has 2 aliphatic rings. The molecule has 2 aliphatic heterocycles. The molecule has 4 nitrogen and oxygen atoms in total. The Bertz CT molecular complexity index is 331. The first-order chi connectivity index (χ1) is 7.13. The number of allylic oxidation sites excluding steroid dienone is 1. The molecular weight excluding hydrogens is 196 g/mol. The second-order valence-electron chi connectivity index (χ2n) is 3.77. The summed E-state index contributed by atoms with van der Waals surface area (Å²) >= 11 is 0. The number of carbonyl (C=O) groups excluding carboxylic acids is 1. The highest BCUT2D eigenvalue weighted by Crippen LogP contribution is 2.30. The van der Waals surface area contributed by atoms with Crippen LogP contribution in [0.2, 0.25) is 0 Å². The summed E-state index contributed by atoms with van der Waals surface area (Å²) in [4.78, 5) is 11.3. The topological polar surface area (TPSA) is 55.8 Å². The van der Waals surface area contributed by atoms with Gasteiger partial charge in [0.2, 0.25) is 0 Å². The van der Waals surface area contributed by atoms with Crippen molar-refractivity contribution in [1.29, 1.82) is 0 Å². The fourth-order valence-corrected chi connectivity index (χ4v) is 1.89. The second kappa shape index (κ2) is 3.79. The molecule has 0 spiro atoms. The predicted octanol–water partition coefficient (Wildman–Crippen LogP) is 0.562. The SMILES string of the molecule is CC=C[C@@H]1O[C@H]2C(=C[C@@H]1O)C(=O)O[C@H]2C. The molecule has 0 aliphatic carbocycles. The Hall–Kier alpha value is -1.13. The van der Waals surface area contributed by atoms with E-state index in [9.17, 15) is 9.90 Å². The lowest BCUT2D eigenvalue weighted by molar-refractivity contribution is -0.139. The highest BCUT2D eigenvalue weighted by Gasteiger charge is 2.43. The molecule has 2 heterocycles. The van der Waals surface area contributed by atoms with Gasteiger partial charge in [-0.3, -0.25) is 0 Å². The maximum absolute atomic E-state index is 11.3. The zero-order chi connectivity index (χ0) is 11.0. The third-order valence-corrected chi connectivity index (χ3v) is 2.63. The van der Waals surface area contributed by atoms with Crippen LogP contribution in [-0.2, 0) is 14.3 Å². The van der Waals surface area contributed by atoms with Crippen molar-refractivity contribution in [3.05, 3.63) is 23.8 Å². The van der Waals surface area contributed by atoms with Crippen molar-refractivity contribution in [3.8, 4) is 0 Å². The van der Waals surface area contributed by atoms with Crippen LogP contribution in [0.5, 0.6) is 0 Å². The van der Waals surface area contributed by atoms with Crippen LogP contribution >= 0.6 is 0 Å². The Morgan fingerprint density at radius 3 is 2.93 bits per heavy atom. The van der Waals surface area contributed by atoms with E-state index in [1.165, 1.54) is 6.08 Å². The minimum absolute atomic E-state index is 0.274. The van der Waals surface area contributed by atoms with Crippen LogP contribution in [0.1, 0.15) is 13.8 Å². The summed E-state index contributed by atoms with van der Waals surface area (Å²) in [6.45, 7) is 3.64. The fraction of sp³-hybridized carbons (Fsp3) is 0.545. The molecule has 4 atom stereocenters. The van der Waals surface area contributed by atoms with Gasteiger partial charge < -0.3 is 14.6 Å². The molecular formula is C11H14O4. The van der Waals surface area contributed by atoms with E-state index in [2.05, 4.69) is 0 Å². The zero-order valence-corrected chi connectivity index (χ0v) is 8.71. The number of hydrogen-bond donors (Lipinski definition) is 1. The molecule has 0 amide bonds. The van der Waals surface area contributed by atoms with Crippen LogP contribution < -0.4 is 0 Å². The van der Waals surface area contributed by atoms with E-state index in [4.69, 9.17) is 9.47 Å². The van der Waals surface area contributed by atoms with Crippen molar-refractivity contribution in [3.63, 3.8) is 0 Å². The van der Waals surface area contributed by atoms with E-state index in [1.807, 2.05) is 13.0 Å². The molecule has 0 aromatic heterocycles. The lowest BCUT2D eigenvalue weighted by Crippen LogP contribution is -2.38. The molecule has 0 saturated carbocycles. The molecule has 1 fully saturated rings. The molecule has 1 saturated heterocycles. The first-order valence-corrected chi connectivity index (χ1v) is 5.02. The average Bonchev–Trinajstić information content (AvgIpc) is 2.44. The first-order valence-electron chi connectivity index (χ1n) is 5.02. The molecule has 0 aromatic rings. The molecule has 4 heteroatoms. The Morgan fingerprint density at radius 2 is 2.27 bits per heavy atom. The molecule has 0 radical (unpaired) electrons. The van der Waals surface area contributed by atoms with Crippen LogP contribution in [0.25, 0.3) is 0 Å². The maximum Gasteiger partial charge on any atom is 0.336 e. The molecule has 0 unspecified atom stereocenters. The minimum Gasteiger partial charge on any atom is -0.456 e. The smallest absolute Gasteiger partial charge is 0.336 e. The summed E-state index contributed by atoms with van der Waals surface area (Å²) in [5.41, 5.74) is 0.441. The molecule has 1 N–H and O–H groups in total. The summed E-state index contributed by atoms with van der Waals surface area (Å²) in [5.74, 6) is -0.384. The number of aliphatic hydroxyl groups excluding tert-OH is 1. The van der Waals surface area contributed by atoms with E-state index >= 15 is 0 Å². The second-order valence-corrected chi connectivity index (χ2v) is 3.77. The first kappa shape index (κ1) is 10.4. The number of cyclic esters (lactones) is 1. The van der Waals surface area contributed by atoms with Gasteiger partial charge >= 0.3 is 5.97 Å². The van der Waals surface area contributed by atoms with Gasteiger partial charge in [0, 0.05) is 0 Å². The Balaban J connectivity index is 2.26. The van der Waals surface area contributed by atoms with Crippen LogP contribution in [0.15, 0.2) is 23.8 Å². The number of fused-ring (bicyclic) bond motifs is 1. The van der Waals surface area contributed by atoms with E-state index in [-0.39, 0.29) is 24.3 Å². The average molecular weight is 210 g/mol. The highest BCUT2D eigenvalue weighted by atomic mass is 16.6. The Morgan fingerprint density at radius 1 is 1.53 bits per heavy atom. The summed E-state index contributed by atoms with van der Waals surface area (Å²) in [6, 6.07) is 0. The Labute approximate surface area is 88.2 Å². The number of aliphatic hydroxyl groups is 1. The van der Waals surface area contributed by atoms with Gasteiger partial charge in [-0.1, -0.05) is 12.2 Å². The van der Waals surface area contributed by atoms with Crippen molar-refractivity contribution in [2.45, 2.75) is 38.3 Å². The Kier molecular flexibility index (Phi) is 2.63. The normalized spacial score (nSPS) is 40.2. The van der Waals surface area contributed by atoms with Gasteiger partial charge in [0.15, 0.2) is 0 Å². The zero-order valence-electron chi connectivity index (χ0n) is 8.71. The van der Waals surface area contributed by atoms with E-state index in [0.29, 0.717) is 5.57 Å². The fourth-order valence-electron chi connectivity index (χ4n) is 1.89. The van der Waals surface area contributed by atoms with Gasteiger partial charge in [-0.05, 0) is 19.9 Å². The molecule has 2 rings (SSSR count). The van der Waals surface area contributed by atoms with Gasteiger partial charge in [-0.2, -0.15) is 0 Å². The van der Waals surface area contributed by atoms with Crippen molar-refractivity contribution >= 4 is 5.97 Å². The molecule has 82 valence electrons. The summed E-state index contributed by atoms with van der Waals surface area (Å²) in [5, 5.41) is 9.69. The van der Waals surface area contributed by atoms with Crippen molar-refractivity contribution in [2.75, 3.05) is 0 Å². The van der Waals surface area contributed by atoms with E-state index in [0.717, 1.165) is 0 Å². The lowest BCUT2D eigenvalue weighted by Gasteiger charge is -2.28. The number of esters is 1. The summed E-state index contributed by atoms with van der Waals surface area (Å²) < 4.78 is 10.6. The van der Waals surface area contributed by atoms with Crippen LogP contribution in [0.3, 0.4) is 0 Å². The standard InChI is InChI=1S/C11H14O4/c1-3-4-9-8(12)5-7-10(15-9)6(2)14-11(7)13/h3-6,8-10,12H,1-2H3/t6-,8-,9-,10+/m0/s1. The van der Waals surface area contributed by atoms with Gasteiger partial charge in [0.05, 0.1) is 5.57 Å². The maximum atomic E-state index is 11.3. The third-order valence-electron chi connectivity index (χ3n) is 2.63. The van der Waals surface area contributed by atoms with E-state index < -0.39 is 6.10 Å². The van der Waals surface area contributed by atoms with Crippen LogP contribution in [0.4, 0.5) is 0 Å². The predicted molar refractivity (Wildman–Crippen MR) is 53.1 cm³/mol. The third kappa shape index (κ3) is 1.70. The number of carbonyl (C=O) groups is 1. The van der Waals surface area contributed by atoms with Gasteiger partial charge in [-0.25, -0.2) is 4.79 Å². The lowest BCUT2D eigenvalue weighted by atomic mass is 10.00. The van der Waals surface area contributed by atoms with Crippen molar-refractivity contribution < 1.29 is 19.4 Å². The molecule has 15 heavy (non-hydrogen) atoms. The monoisotopic (exact) mass is 210 g/mol. The van der Waals surface area contributed by atoms with Crippen LogP contribution in [0, 0.1) is 0 Å². The van der Waals surface area contributed by atoms with Crippen LogP contribution in [-0.4, -0.2) is 35.5 Å². The number of rotatable bonds is 1. The largest absolute Gasteiger partial charge is 0.456 e. The molecule has 0 aromatic carbocycles. The van der Waals surface area contributed by atoms with Crippen molar-refractivity contribution in [1.82, 2.24) is 0 Å².